The average Bonchev–Trinajstić information content (AvgIpc) is 2.42. The number of hydrogen-bond donors (Lipinski definition) is 2. The zero-order chi connectivity index (χ0) is 15.0. The van der Waals surface area contributed by atoms with Crippen LogP contribution in [0, 0.1) is 0 Å². The Bertz CT molecular complexity index is 508. The lowest BCUT2D eigenvalue weighted by atomic mass is 10.2. The highest BCUT2D eigenvalue weighted by molar-refractivity contribution is 9.10. The van der Waals surface area contributed by atoms with E-state index in [1.54, 1.807) is 7.05 Å². The molecular formula is C13H22BrN3O2S. The van der Waals surface area contributed by atoms with Gasteiger partial charge in [-0.05, 0) is 31.1 Å². The summed E-state index contributed by atoms with van der Waals surface area (Å²) in [7, 11) is -1.84. The minimum Gasteiger partial charge on any atom is -0.317 e. The van der Waals surface area contributed by atoms with Crippen LogP contribution in [0.15, 0.2) is 28.7 Å². The molecule has 0 unspecified atom stereocenters. The van der Waals surface area contributed by atoms with E-state index < -0.39 is 10.2 Å². The highest BCUT2D eigenvalue weighted by Crippen LogP contribution is 2.15. The van der Waals surface area contributed by atoms with E-state index in [-0.39, 0.29) is 6.54 Å². The van der Waals surface area contributed by atoms with Gasteiger partial charge in [-0.3, -0.25) is 0 Å². The fourth-order valence-electron chi connectivity index (χ4n) is 1.64. The third-order valence-electron chi connectivity index (χ3n) is 2.89. The molecule has 1 aromatic carbocycles. The molecule has 0 radical (unpaired) electrons. The number of nitrogens with one attached hydrogen (secondary N) is 2. The van der Waals surface area contributed by atoms with E-state index in [9.17, 15) is 8.42 Å². The number of nitrogens with zero attached hydrogens (tertiary/aromatic N) is 1. The first-order chi connectivity index (χ1) is 9.47. The van der Waals surface area contributed by atoms with E-state index in [2.05, 4.69) is 26.0 Å². The number of hydrogen-bond acceptors (Lipinski definition) is 3. The van der Waals surface area contributed by atoms with Crippen molar-refractivity contribution in [1.82, 2.24) is 14.3 Å². The standard InChI is InChI=1S/C13H22BrN3O2S/c1-3-15-9-6-10-17(2)20(18,19)16-11-12-7-4-5-8-13(12)14/h4-5,7-8,15-16H,3,6,9-11H2,1-2H3. The first-order valence-electron chi connectivity index (χ1n) is 6.62. The summed E-state index contributed by atoms with van der Waals surface area (Å²) < 4.78 is 29.0. The van der Waals surface area contributed by atoms with Gasteiger partial charge >= 0.3 is 0 Å². The van der Waals surface area contributed by atoms with Crippen molar-refractivity contribution in [1.29, 1.82) is 0 Å². The van der Waals surface area contributed by atoms with Crippen LogP contribution in [0.2, 0.25) is 0 Å². The Morgan fingerprint density at radius 1 is 1.30 bits per heavy atom. The topological polar surface area (TPSA) is 61.4 Å². The molecule has 0 aromatic heterocycles. The molecule has 0 fully saturated rings. The Labute approximate surface area is 130 Å². The number of benzene rings is 1. The van der Waals surface area contributed by atoms with Crippen molar-refractivity contribution in [3.8, 4) is 0 Å². The van der Waals surface area contributed by atoms with Crippen molar-refractivity contribution >= 4 is 26.1 Å². The highest BCUT2D eigenvalue weighted by Gasteiger charge is 2.16. The summed E-state index contributed by atoms with van der Waals surface area (Å²) in [6.07, 6.45) is 0.792. The Kier molecular flexibility index (Phi) is 7.68. The number of halogens is 1. The van der Waals surface area contributed by atoms with Crippen LogP contribution in [0.4, 0.5) is 0 Å². The van der Waals surface area contributed by atoms with Crippen LogP contribution < -0.4 is 10.0 Å². The Morgan fingerprint density at radius 3 is 2.65 bits per heavy atom. The fraction of sp³-hybridized carbons (Fsp3) is 0.538. The van der Waals surface area contributed by atoms with Gasteiger partial charge in [0.1, 0.15) is 0 Å². The molecule has 0 aliphatic rings. The van der Waals surface area contributed by atoms with Crippen molar-refractivity contribution in [3.63, 3.8) is 0 Å². The fourth-order valence-corrected chi connectivity index (χ4v) is 3.00. The lowest BCUT2D eigenvalue weighted by molar-refractivity contribution is 0.445. The summed E-state index contributed by atoms with van der Waals surface area (Å²) in [5.41, 5.74) is 0.914. The molecule has 0 atom stereocenters. The molecule has 1 rings (SSSR count). The van der Waals surface area contributed by atoms with Gasteiger partial charge in [0.2, 0.25) is 0 Å². The zero-order valence-corrected chi connectivity index (χ0v) is 14.3. The lowest BCUT2D eigenvalue weighted by Gasteiger charge is -2.18. The summed E-state index contributed by atoms with van der Waals surface area (Å²) in [6.45, 7) is 4.52. The largest absolute Gasteiger partial charge is 0.317 e. The van der Waals surface area contributed by atoms with Gasteiger partial charge in [0.15, 0.2) is 0 Å². The van der Waals surface area contributed by atoms with Gasteiger partial charge in [-0.2, -0.15) is 17.4 Å². The first-order valence-corrected chi connectivity index (χ1v) is 8.85. The maximum atomic E-state index is 12.1. The molecule has 0 saturated carbocycles. The second-order valence-corrected chi connectivity index (χ2v) is 7.16. The molecule has 5 nitrogen and oxygen atoms in total. The maximum absolute atomic E-state index is 12.1. The second-order valence-electron chi connectivity index (χ2n) is 4.45. The molecule has 0 aliphatic heterocycles. The summed E-state index contributed by atoms with van der Waals surface area (Å²) in [5.74, 6) is 0. The third kappa shape index (κ3) is 5.88. The molecule has 114 valence electrons. The molecule has 1 aromatic rings. The van der Waals surface area contributed by atoms with Crippen LogP contribution in [0.25, 0.3) is 0 Å². The predicted molar refractivity (Wildman–Crippen MR) is 85.7 cm³/mol. The normalized spacial score (nSPS) is 12.0. The molecule has 0 saturated heterocycles. The van der Waals surface area contributed by atoms with E-state index in [0.717, 1.165) is 29.5 Å². The van der Waals surface area contributed by atoms with E-state index in [4.69, 9.17) is 0 Å². The smallest absolute Gasteiger partial charge is 0.279 e. The van der Waals surface area contributed by atoms with Crippen LogP contribution in [0.3, 0.4) is 0 Å². The van der Waals surface area contributed by atoms with Gasteiger partial charge in [0.25, 0.3) is 10.2 Å². The second kappa shape index (κ2) is 8.74. The Balaban J connectivity index is 2.46. The molecule has 2 N–H and O–H groups in total. The summed E-state index contributed by atoms with van der Waals surface area (Å²) in [5, 5.41) is 3.17. The average molecular weight is 364 g/mol. The van der Waals surface area contributed by atoms with Gasteiger partial charge in [0.05, 0.1) is 0 Å². The van der Waals surface area contributed by atoms with Gasteiger partial charge in [-0.1, -0.05) is 41.1 Å². The van der Waals surface area contributed by atoms with Crippen molar-refractivity contribution in [2.75, 3.05) is 26.7 Å². The Hall–Kier alpha value is -0.470. The summed E-state index contributed by atoms with van der Waals surface area (Å²) in [4.78, 5) is 0. The van der Waals surface area contributed by atoms with Crippen molar-refractivity contribution in [3.05, 3.63) is 34.3 Å². The molecule has 7 heteroatoms. The van der Waals surface area contributed by atoms with Gasteiger partial charge in [-0.25, -0.2) is 0 Å². The molecule has 0 bridgehead atoms. The van der Waals surface area contributed by atoms with Crippen molar-refractivity contribution in [2.24, 2.45) is 0 Å². The molecular weight excluding hydrogens is 342 g/mol. The molecule has 20 heavy (non-hydrogen) atoms. The minimum atomic E-state index is -3.43. The van der Waals surface area contributed by atoms with E-state index in [0.29, 0.717) is 6.54 Å². The molecule has 0 aliphatic carbocycles. The first kappa shape index (κ1) is 17.6. The highest BCUT2D eigenvalue weighted by atomic mass is 79.9. The van der Waals surface area contributed by atoms with E-state index in [1.165, 1.54) is 4.31 Å². The lowest BCUT2D eigenvalue weighted by Crippen LogP contribution is -2.39. The predicted octanol–water partition coefficient (Wildman–Crippen LogP) is 1.71. The molecule has 0 spiro atoms. The van der Waals surface area contributed by atoms with Crippen LogP contribution in [0.5, 0.6) is 0 Å². The monoisotopic (exact) mass is 363 g/mol. The Morgan fingerprint density at radius 2 is 2.00 bits per heavy atom. The maximum Gasteiger partial charge on any atom is 0.279 e. The van der Waals surface area contributed by atoms with Crippen LogP contribution in [-0.4, -0.2) is 39.4 Å². The van der Waals surface area contributed by atoms with Crippen molar-refractivity contribution in [2.45, 2.75) is 19.9 Å². The van der Waals surface area contributed by atoms with Crippen molar-refractivity contribution < 1.29 is 8.42 Å². The summed E-state index contributed by atoms with van der Waals surface area (Å²) in [6, 6.07) is 7.56. The third-order valence-corrected chi connectivity index (χ3v) is 5.18. The quantitative estimate of drug-likeness (QED) is 0.656. The number of rotatable bonds is 9. The van der Waals surface area contributed by atoms with E-state index in [1.807, 2.05) is 31.2 Å². The molecule has 0 heterocycles. The SMILES string of the molecule is CCNCCCN(C)S(=O)(=O)NCc1ccccc1Br. The van der Waals surface area contributed by atoms with Crippen LogP contribution in [-0.2, 0) is 16.8 Å². The minimum absolute atomic E-state index is 0.279. The van der Waals surface area contributed by atoms with Gasteiger partial charge < -0.3 is 5.32 Å². The summed E-state index contributed by atoms with van der Waals surface area (Å²) >= 11 is 3.40. The molecule has 0 amide bonds. The van der Waals surface area contributed by atoms with Gasteiger partial charge in [0, 0.05) is 24.6 Å². The van der Waals surface area contributed by atoms with Crippen LogP contribution >= 0.6 is 15.9 Å². The van der Waals surface area contributed by atoms with Gasteiger partial charge in [-0.15, -0.1) is 0 Å². The van der Waals surface area contributed by atoms with Crippen LogP contribution in [0.1, 0.15) is 18.9 Å². The zero-order valence-electron chi connectivity index (χ0n) is 11.9. The van der Waals surface area contributed by atoms with E-state index >= 15 is 0 Å².